The zero-order valence-corrected chi connectivity index (χ0v) is 11.6. The predicted octanol–water partition coefficient (Wildman–Crippen LogP) is 3.39. The monoisotopic (exact) mass is 275 g/mol. The second-order valence-corrected chi connectivity index (χ2v) is 4.57. The number of aliphatic hydroxyl groups is 1. The molecule has 1 atom stereocenters. The van der Waals surface area contributed by atoms with Gasteiger partial charge in [0.05, 0.1) is 6.61 Å². The van der Waals surface area contributed by atoms with Crippen molar-refractivity contribution in [3.63, 3.8) is 0 Å². The van der Waals surface area contributed by atoms with Crippen LogP contribution in [-0.2, 0) is 6.61 Å². The molecule has 0 fully saturated rings. The lowest BCUT2D eigenvalue weighted by molar-refractivity contribution is 0.281. The van der Waals surface area contributed by atoms with Gasteiger partial charge in [-0.2, -0.15) is 0 Å². The van der Waals surface area contributed by atoms with E-state index in [1.807, 2.05) is 20.0 Å². The summed E-state index contributed by atoms with van der Waals surface area (Å²) in [7, 11) is 1.81. The van der Waals surface area contributed by atoms with Gasteiger partial charge in [0.25, 0.3) is 0 Å². The fourth-order valence-electron chi connectivity index (χ4n) is 1.91. The third-order valence-corrected chi connectivity index (χ3v) is 3.22. The quantitative estimate of drug-likeness (QED) is 0.879. The molecule has 2 aromatic rings. The van der Waals surface area contributed by atoms with E-state index < -0.39 is 5.82 Å². The predicted molar refractivity (Wildman–Crippen MR) is 76.3 cm³/mol. The molecule has 0 aromatic heterocycles. The molecule has 0 spiro atoms. The maximum absolute atomic E-state index is 14.0. The zero-order chi connectivity index (χ0) is 14.5. The third kappa shape index (κ3) is 3.15. The van der Waals surface area contributed by atoms with E-state index in [1.165, 1.54) is 6.07 Å². The van der Waals surface area contributed by atoms with E-state index >= 15 is 0 Å². The van der Waals surface area contributed by atoms with E-state index in [0.717, 1.165) is 11.1 Å². The number of ether oxygens (including phenoxy) is 1. The number of nitrogens with one attached hydrogen (secondary N) is 1. The minimum Gasteiger partial charge on any atom is -0.454 e. The van der Waals surface area contributed by atoms with E-state index in [1.54, 1.807) is 30.3 Å². The molecule has 20 heavy (non-hydrogen) atoms. The Bertz CT molecular complexity index is 569. The first kappa shape index (κ1) is 14.5. The van der Waals surface area contributed by atoms with Gasteiger partial charge < -0.3 is 15.2 Å². The highest BCUT2D eigenvalue weighted by Crippen LogP contribution is 2.32. The summed E-state index contributed by atoms with van der Waals surface area (Å²) >= 11 is 0. The summed E-state index contributed by atoms with van der Waals surface area (Å²) in [4.78, 5) is 0. The second-order valence-electron chi connectivity index (χ2n) is 4.57. The number of hydrogen-bond donors (Lipinski definition) is 2. The van der Waals surface area contributed by atoms with Crippen LogP contribution in [0, 0.1) is 5.82 Å². The van der Waals surface area contributed by atoms with Crippen molar-refractivity contribution < 1.29 is 14.2 Å². The van der Waals surface area contributed by atoms with Crippen LogP contribution in [-0.4, -0.2) is 12.2 Å². The Kier molecular flexibility index (Phi) is 4.71. The lowest BCUT2D eigenvalue weighted by atomic mass is 10.1. The van der Waals surface area contributed by atoms with Gasteiger partial charge in [-0.05, 0) is 37.7 Å². The Labute approximate surface area is 118 Å². The van der Waals surface area contributed by atoms with E-state index in [-0.39, 0.29) is 18.4 Å². The molecule has 3 nitrogen and oxygen atoms in total. The summed E-state index contributed by atoms with van der Waals surface area (Å²) in [5.74, 6) is 0.374. The molecule has 0 aliphatic heterocycles. The van der Waals surface area contributed by atoms with Gasteiger partial charge in [-0.25, -0.2) is 4.39 Å². The first-order valence-electron chi connectivity index (χ1n) is 6.49. The van der Waals surface area contributed by atoms with Crippen molar-refractivity contribution in [2.45, 2.75) is 19.6 Å². The van der Waals surface area contributed by atoms with Crippen LogP contribution in [0.5, 0.6) is 11.5 Å². The highest BCUT2D eigenvalue weighted by atomic mass is 19.1. The van der Waals surface area contributed by atoms with Gasteiger partial charge in [-0.15, -0.1) is 0 Å². The van der Waals surface area contributed by atoms with Gasteiger partial charge >= 0.3 is 0 Å². The van der Waals surface area contributed by atoms with Crippen LogP contribution in [0.1, 0.15) is 24.1 Å². The fourth-order valence-corrected chi connectivity index (χ4v) is 1.91. The molecule has 0 saturated carbocycles. The van der Waals surface area contributed by atoms with E-state index in [2.05, 4.69) is 5.32 Å². The summed E-state index contributed by atoms with van der Waals surface area (Å²) in [6, 6.07) is 11.8. The van der Waals surface area contributed by atoms with Crippen LogP contribution in [0.4, 0.5) is 4.39 Å². The van der Waals surface area contributed by atoms with Gasteiger partial charge in [-0.3, -0.25) is 0 Å². The van der Waals surface area contributed by atoms with E-state index in [0.29, 0.717) is 5.75 Å². The minimum atomic E-state index is -0.393. The molecule has 0 heterocycles. The van der Waals surface area contributed by atoms with Crippen molar-refractivity contribution in [1.29, 1.82) is 0 Å². The van der Waals surface area contributed by atoms with Gasteiger partial charge in [0, 0.05) is 11.6 Å². The average molecular weight is 275 g/mol. The third-order valence-electron chi connectivity index (χ3n) is 3.22. The molecule has 4 heteroatoms. The van der Waals surface area contributed by atoms with Crippen LogP contribution in [0.2, 0.25) is 0 Å². The van der Waals surface area contributed by atoms with Crippen LogP contribution < -0.4 is 10.1 Å². The number of hydrogen-bond acceptors (Lipinski definition) is 3. The summed E-state index contributed by atoms with van der Waals surface area (Å²) < 4.78 is 19.7. The molecule has 0 saturated heterocycles. The van der Waals surface area contributed by atoms with Crippen LogP contribution in [0.25, 0.3) is 0 Å². The molecule has 0 bridgehead atoms. The molecule has 0 aliphatic carbocycles. The first-order chi connectivity index (χ1) is 9.65. The normalized spacial score (nSPS) is 12.2. The van der Waals surface area contributed by atoms with Gasteiger partial charge in [0.2, 0.25) is 0 Å². The largest absolute Gasteiger partial charge is 0.454 e. The minimum absolute atomic E-state index is 0.0163. The number of aliphatic hydroxyl groups excluding tert-OH is 1. The molecule has 1 unspecified atom stereocenters. The molecule has 0 radical (unpaired) electrons. The Balaban J connectivity index is 2.31. The van der Waals surface area contributed by atoms with E-state index in [9.17, 15) is 4.39 Å². The van der Waals surface area contributed by atoms with Crippen LogP contribution in [0.3, 0.4) is 0 Å². The summed E-state index contributed by atoms with van der Waals surface area (Å²) in [5, 5.41) is 12.1. The lowest BCUT2D eigenvalue weighted by Crippen LogP contribution is -2.13. The molecule has 2 aromatic carbocycles. The number of halogens is 1. The maximum Gasteiger partial charge on any atom is 0.167 e. The average Bonchev–Trinajstić information content (AvgIpc) is 2.49. The second kappa shape index (κ2) is 6.50. The number of rotatable bonds is 5. The molecular weight excluding hydrogens is 257 g/mol. The molecule has 2 N–H and O–H groups in total. The van der Waals surface area contributed by atoms with Crippen LogP contribution in [0.15, 0.2) is 42.5 Å². The maximum atomic E-state index is 14.0. The standard InChI is InChI=1S/C16H18FNO2/c1-11(18-2)14-4-3-5-15(17)16(14)20-13-8-6-12(10-19)7-9-13/h3-9,11,18-19H,10H2,1-2H3. The highest BCUT2D eigenvalue weighted by molar-refractivity contribution is 5.41. The van der Waals surface area contributed by atoms with Crippen molar-refractivity contribution in [1.82, 2.24) is 5.32 Å². The molecule has 0 aliphatic rings. The Morgan fingerprint density at radius 3 is 2.50 bits per heavy atom. The summed E-state index contributed by atoms with van der Waals surface area (Å²) in [5.41, 5.74) is 1.55. The first-order valence-corrected chi connectivity index (χ1v) is 6.49. The zero-order valence-electron chi connectivity index (χ0n) is 11.6. The number of para-hydroxylation sites is 1. The summed E-state index contributed by atoms with van der Waals surface area (Å²) in [6.07, 6.45) is 0. The van der Waals surface area contributed by atoms with Crippen molar-refractivity contribution in [3.8, 4) is 11.5 Å². The van der Waals surface area contributed by atoms with Crippen molar-refractivity contribution in [2.24, 2.45) is 0 Å². The van der Waals surface area contributed by atoms with Gasteiger partial charge in [0.15, 0.2) is 11.6 Å². The summed E-state index contributed by atoms with van der Waals surface area (Å²) in [6.45, 7) is 1.92. The Hall–Kier alpha value is -1.91. The highest BCUT2D eigenvalue weighted by Gasteiger charge is 2.15. The van der Waals surface area contributed by atoms with Crippen molar-refractivity contribution >= 4 is 0 Å². The fraction of sp³-hybridized carbons (Fsp3) is 0.250. The molecule has 106 valence electrons. The van der Waals surface area contributed by atoms with E-state index in [4.69, 9.17) is 9.84 Å². The lowest BCUT2D eigenvalue weighted by Gasteiger charge is -2.17. The SMILES string of the molecule is CNC(C)c1cccc(F)c1Oc1ccc(CO)cc1. The molecule has 0 amide bonds. The molecular formula is C16H18FNO2. The van der Waals surface area contributed by atoms with Crippen molar-refractivity contribution in [2.75, 3.05) is 7.05 Å². The number of benzene rings is 2. The van der Waals surface area contributed by atoms with Gasteiger partial charge in [-0.1, -0.05) is 24.3 Å². The molecule has 2 rings (SSSR count). The Morgan fingerprint density at radius 1 is 1.20 bits per heavy atom. The Morgan fingerprint density at radius 2 is 1.90 bits per heavy atom. The van der Waals surface area contributed by atoms with Crippen molar-refractivity contribution in [3.05, 3.63) is 59.4 Å². The topological polar surface area (TPSA) is 41.5 Å². The van der Waals surface area contributed by atoms with Gasteiger partial charge in [0.1, 0.15) is 5.75 Å². The smallest absolute Gasteiger partial charge is 0.167 e. The van der Waals surface area contributed by atoms with Crippen LogP contribution >= 0.6 is 0 Å².